The molecule has 0 aromatic rings. The van der Waals surface area contributed by atoms with Gasteiger partial charge in [-0.25, -0.2) is 0 Å². The molecule has 0 bridgehead atoms. The van der Waals surface area contributed by atoms with Crippen LogP contribution in [0.15, 0.2) is 37.0 Å². The molecule has 0 fully saturated rings. The van der Waals surface area contributed by atoms with Gasteiger partial charge in [0.25, 0.3) is 0 Å². The van der Waals surface area contributed by atoms with E-state index in [0.29, 0.717) is 12.8 Å². The van der Waals surface area contributed by atoms with E-state index in [2.05, 4.69) is 25.7 Å². The standard InChI is InChI=1S/C19H32O3/c1-4-6-8-10-12-13-15-18(21)19(22-17(3)20)16-14-11-9-7-5-2/h5-6,8,12-13,18-19,21H,2,4,7,9-11,14-16H2,1,3H3/b8-6-,13-12-. The lowest BCUT2D eigenvalue weighted by atomic mass is 10.0. The van der Waals surface area contributed by atoms with Crippen molar-refractivity contribution in [3.05, 3.63) is 37.0 Å². The van der Waals surface area contributed by atoms with Crippen molar-refractivity contribution in [1.29, 1.82) is 0 Å². The van der Waals surface area contributed by atoms with Crippen LogP contribution in [0, 0.1) is 0 Å². The van der Waals surface area contributed by atoms with Crippen LogP contribution in [0.25, 0.3) is 0 Å². The lowest BCUT2D eigenvalue weighted by molar-refractivity contribution is -0.152. The molecular weight excluding hydrogens is 276 g/mol. The van der Waals surface area contributed by atoms with Crippen molar-refractivity contribution in [3.8, 4) is 0 Å². The molecule has 0 spiro atoms. The fourth-order valence-electron chi connectivity index (χ4n) is 2.18. The second kappa shape index (κ2) is 14.6. The van der Waals surface area contributed by atoms with Crippen LogP contribution in [0.4, 0.5) is 0 Å². The first-order valence-corrected chi connectivity index (χ1v) is 8.38. The number of unbranched alkanes of at least 4 members (excludes halogenated alkanes) is 3. The summed E-state index contributed by atoms with van der Waals surface area (Å²) in [6.45, 7) is 7.19. The lowest BCUT2D eigenvalue weighted by Crippen LogP contribution is -2.30. The summed E-state index contributed by atoms with van der Waals surface area (Å²) in [6, 6.07) is 0. The third-order valence-corrected chi connectivity index (χ3v) is 3.36. The van der Waals surface area contributed by atoms with E-state index in [1.807, 2.05) is 18.2 Å². The summed E-state index contributed by atoms with van der Waals surface area (Å²) in [4.78, 5) is 11.2. The van der Waals surface area contributed by atoms with Crippen molar-refractivity contribution in [2.75, 3.05) is 0 Å². The number of allylic oxidation sites excluding steroid dienone is 4. The topological polar surface area (TPSA) is 46.5 Å². The van der Waals surface area contributed by atoms with Gasteiger partial charge in [-0.1, -0.05) is 43.7 Å². The number of hydrogen-bond donors (Lipinski definition) is 1. The predicted molar refractivity (Wildman–Crippen MR) is 92.6 cm³/mol. The summed E-state index contributed by atoms with van der Waals surface area (Å²) in [6.07, 6.45) is 16.3. The van der Waals surface area contributed by atoms with Crippen LogP contribution >= 0.6 is 0 Å². The Morgan fingerprint density at radius 3 is 2.55 bits per heavy atom. The minimum atomic E-state index is -0.630. The number of ether oxygens (including phenoxy) is 1. The van der Waals surface area contributed by atoms with Crippen LogP contribution in [0.2, 0.25) is 0 Å². The van der Waals surface area contributed by atoms with Gasteiger partial charge in [0.2, 0.25) is 0 Å². The van der Waals surface area contributed by atoms with Crippen LogP contribution < -0.4 is 0 Å². The van der Waals surface area contributed by atoms with E-state index < -0.39 is 12.2 Å². The zero-order chi connectivity index (χ0) is 16.6. The van der Waals surface area contributed by atoms with Gasteiger partial charge < -0.3 is 9.84 Å². The van der Waals surface area contributed by atoms with Crippen molar-refractivity contribution < 1.29 is 14.6 Å². The number of carbonyl (C=O) groups is 1. The minimum absolute atomic E-state index is 0.329. The van der Waals surface area contributed by atoms with Crippen LogP contribution in [0.5, 0.6) is 0 Å². The van der Waals surface area contributed by atoms with Gasteiger partial charge in [0.05, 0.1) is 6.10 Å². The molecule has 0 aliphatic heterocycles. The van der Waals surface area contributed by atoms with Crippen LogP contribution in [0.3, 0.4) is 0 Å². The van der Waals surface area contributed by atoms with Gasteiger partial charge in [0, 0.05) is 6.92 Å². The van der Waals surface area contributed by atoms with E-state index in [-0.39, 0.29) is 5.97 Å². The molecule has 0 amide bonds. The van der Waals surface area contributed by atoms with E-state index in [1.54, 1.807) is 0 Å². The summed E-state index contributed by atoms with van der Waals surface area (Å²) in [5.41, 5.74) is 0. The van der Waals surface area contributed by atoms with Crippen LogP contribution in [-0.4, -0.2) is 23.3 Å². The van der Waals surface area contributed by atoms with Crippen molar-refractivity contribution in [2.24, 2.45) is 0 Å². The quantitative estimate of drug-likeness (QED) is 0.304. The zero-order valence-electron chi connectivity index (χ0n) is 14.2. The molecule has 0 aromatic carbocycles. The van der Waals surface area contributed by atoms with Gasteiger partial charge in [0.1, 0.15) is 6.10 Å². The Bertz CT molecular complexity index is 345. The third-order valence-electron chi connectivity index (χ3n) is 3.36. The van der Waals surface area contributed by atoms with Crippen LogP contribution in [0.1, 0.15) is 65.2 Å². The highest BCUT2D eigenvalue weighted by Gasteiger charge is 2.20. The molecule has 0 aromatic heterocycles. The zero-order valence-corrected chi connectivity index (χ0v) is 14.2. The number of hydrogen-bond acceptors (Lipinski definition) is 3. The first-order chi connectivity index (χ1) is 10.6. The van der Waals surface area contributed by atoms with Crippen LogP contribution in [-0.2, 0) is 9.53 Å². The van der Waals surface area contributed by atoms with Crippen molar-refractivity contribution in [3.63, 3.8) is 0 Å². The number of esters is 1. The molecule has 0 radical (unpaired) electrons. The van der Waals surface area contributed by atoms with E-state index in [1.165, 1.54) is 6.92 Å². The molecule has 2 unspecified atom stereocenters. The first kappa shape index (κ1) is 20.6. The number of rotatable bonds is 13. The number of carbonyl (C=O) groups excluding carboxylic acids is 1. The smallest absolute Gasteiger partial charge is 0.302 e. The van der Waals surface area contributed by atoms with Gasteiger partial charge in [-0.3, -0.25) is 4.79 Å². The first-order valence-electron chi connectivity index (χ1n) is 8.38. The molecule has 2 atom stereocenters. The number of aliphatic hydroxyl groups excluding tert-OH is 1. The molecule has 3 nitrogen and oxygen atoms in total. The highest BCUT2D eigenvalue weighted by atomic mass is 16.6. The largest absolute Gasteiger partial charge is 0.460 e. The summed E-state index contributed by atoms with van der Waals surface area (Å²) in [7, 11) is 0. The number of aliphatic hydroxyl groups is 1. The summed E-state index contributed by atoms with van der Waals surface area (Å²) < 4.78 is 5.26. The predicted octanol–water partition coefficient (Wildman–Crippen LogP) is 4.72. The molecule has 126 valence electrons. The van der Waals surface area contributed by atoms with Crippen molar-refractivity contribution >= 4 is 5.97 Å². The van der Waals surface area contributed by atoms with Crippen molar-refractivity contribution in [1.82, 2.24) is 0 Å². The highest BCUT2D eigenvalue weighted by Crippen LogP contribution is 2.15. The molecule has 3 heteroatoms. The summed E-state index contributed by atoms with van der Waals surface area (Å²) >= 11 is 0. The fraction of sp³-hybridized carbons (Fsp3) is 0.632. The maximum atomic E-state index is 11.2. The molecule has 0 aliphatic carbocycles. The Kier molecular flexibility index (Phi) is 13.7. The molecule has 1 N–H and O–H groups in total. The van der Waals surface area contributed by atoms with E-state index in [4.69, 9.17) is 4.74 Å². The average molecular weight is 308 g/mol. The van der Waals surface area contributed by atoms with Gasteiger partial charge in [-0.15, -0.1) is 6.58 Å². The molecule has 0 aliphatic rings. The Morgan fingerprint density at radius 1 is 1.18 bits per heavy atom. The maximum absolute atomic E-state index is 11.2. The normalized spacial score (nSPS) is 14.3. The van der Waals surface area contributed by atoms with E-state index >= 15 is 0 Å². The maximum Gasteiger partial charge on any atom is 0.302 e. The molecule has 0 saturated carbocycles. The Morgan fingerprint density at radius 2 is 1.91 bits per heavy atom. The van der Waals surface area contributed by atoms with Gasteiger partial charge in [0.15, 0.2) is 0 Å². The monoisotopic (exact) mass is 308 g/mol. The lowest BCUT2D eigenvalue weighted by Gasteiger charge is -2.21. The molecule has 0 rings (SSSR count). The Hall–Kier alpha value is -1.35. The third kappa shape index (κ3) is 12.4. The Balaban J connectivity index is 4.14. The molecular formula is C19H32O3. The van der Waals surface area contributed by atoms with Crippen molar-refractivity contribution in [2.45, 2.75) is 77.4 Å². The summed E-state index contributed by atoms with van der Waals surface area (Å²) in [5, 5.41) is 10.2. The van der Waals surface area contributed by atoms with E-state index in [0.717, 1.165) is 38.5 Å². The fourth-order valence-corrected chi connectivity index (χ4v) is 2.18. The van der Waals surface area contributed by atoms with Gasteiger partial charge in [-0.05, 0) is 44.9 Å². The average Bonchev–Trinajstić information content (AvgIpc) is 2.48. The van der Waals surface area contributed by atoms with E-state index in [9.17, 15) is 9.90 Å². The van der Waals surface area contributed by atoms with Gasteiger partial charge >= 0.3 is 5.97 Å². The minimum Gasteiger partial charge on any atom is -0.460 e. The summed E-state index contributed by atoms with van der Waals surface area (Å²) in [5.74, 6) is -0.329. The second-order valence-electron chi connectivity index (χ2n) is 5.46. The second-order valence-corrected chi connectivity index (χ2v) is 5.46. The Labute approximate surface area is 135 Å². The highest BCUT2D eigenvalue weighted by molar-refractivity contribution is 5.66. The molecule has 0 saturated heterocycles. The molecule has 0 heterocycles. The SMILES string of the molecule is C=CCCCCCC(OC(C)=O)C(O)C/C=C\C/C=C\CC. The van der Waals surface area contributed by atoms with Gasteiger partial charge in [-0.2, -0.15) is 0 Å². The molecule has 22 heavy (non-hydrogen) atoms.